The SMILES string of the molecule is C.CCCN(CCC(C)(C)C)C(=O)Nc1ccccc1. The standard InChI is InChI=1S/C16H26N2O.CH4/c1-5-12-18(13-11-16(2,3)4)15(19)17-14-9-7-6-8-10-14;/h6-10H,5,11-13H2,1-4H3,(H,17,19);1H4. The maximum atomic E-state index is 12.2. The molecule has 114 valence electrons. The average Bonchev–Trinajstić information content (AvgIpc) is 2.34. The number of para-hydroxylation sites is 1. The first-order valence-electron chi connectivity index (χ1n) is 7.03. The minimum absolute atomic E-state index is 0. The van der Waals surface area contributed by atoms with Gasteiger partial charge in [0.05, 0.1) is 0 Å². The Morgan fingerprint density at radius 1 is 1.15 bits per heavy atom. The summed E-state index contributed by atoms with van der Waals surface area (Å²) < 4.78 is 0. The molecule has 0 saturated carbocycles. The fourth-order valence-electron chi connectivity index (χ4n) is 1.78. The molecule has 0 fully saturated rings. The van der Waals surface area contributed by atoms with Gasteiger partial charge in [-0.1, -0.05) is 53.3 Å². The van der Waals surface area contributed by atoms with E-state index >= 15 is 0 Å². The number of anilines is 1. The van der Waals surface area contributed by atoms with Crippen molar-refractivity contribution < 1.29 is 4.79 Å². The highest BCUT2D eigenvalue weighted by Gasteiger charge is 2.17. The van der Waals surface area contributed by atoms with Gasteiger partial charge in [-0.05, 0) is 30.4 Å². The number of hydrogen-bond acceptors (Lipinski definition) is 1. The second-order valence-corrected chi connectivity index (χ2v) is 6.09. The number of benzene rings is 1. The van der Waals surface area contributed by atoms with Crippen molar-refractivity contribution in [3.8, 4) is 0 Å². The Hall–Kier alpha value is -1.51. The molecule has 0 heterocycles. The molecule has 20 heavy (non-hydrogen) atoms. The van der Waals surface area contributed by atoms with Gasteiger partial charge in [0, 0.05) is 18.8 Å². The topological polar surface area (TPSA) is 32.3 Å². The molecule has 0 aliphatic rings. The van der Waals surface area contributed by atoms with Crippen LogP contribution in [0.15, 0.2) is 30.3 Å². The Bertz CT molecular complexity index is 382. The van der Waals surface area contributed by atoms with E-state index in [1.807, 2.05) is 35.2 Å². The summed E-state index contributed by atoms with van der Waals surface area (Å²) in [5.41, 5.74) is 1.10. The van der Waals surface area contributed by atoms with Crippen LogP contribution in [0, 0.1) is 5.41 Å². The van der Waals surface area contributed by atoms with E-state index in [1.165, 1.54) is 0 Å². The maximum absolute atomic E-state index is 12.2. The maximum Gasteiger partial charge on any atom is 0.321 e. The Balaban J connectivity index is 0.00000361. The molecule has 0 atom stereocenters. The number of rotatable bonds is 5. The van der Waals surface area contributed by atoms with Crippen LogP contribution in [0.4, 0.5) is 10.5 Å². The van der Waals surface area contributed by atoms with E-state index in [0.29, 0.717) is 0 Å². The van der Waals surface area contributed by atoms with Gasteiger partial charge in [-0.25, -0.2) is 4.79 Å². The molecule has 1 aromatic rings. The lowest BCUT2D eigenvalue weighted by Crippen LogP contribution is -2.37. The van der Waals surface area contributed by atoms with E-state index in [2.05, 4.69) is 33.0 Å². The highest BCUT2D eigenvalue weighted by Crippen LogP contribution is 2.19. The summed E-state index contributed by atoms with van der Waals surface area (Å²) in [6, 6.07) is 9.61. The molecule has 3 nitrogen and oxygen atoms in total. The van der Waals surface area contributed by atoms with E-state index < -0.39 is 0 Å². The summed E-state index contributed by atoms with van der Waals surface area (Å²) in [5, 5.41) is 2.95. The van der Waals surface area contributed by atoms with Crippen LogP contribution < -0.4 is 5.32 Å². The summed E-state index contributed by atoms with van der Waals surface area (Å²) in [7, 11) is 0. The third kappa shape index (κ3) is 7.17. The second-order valence-electron chi connectivity index (χ2n) is 6.09. The average molecular weight is 278 g/mol. The molecule has 0 radical (unpaired) electrons. The Morgan fingerprint density at radius 2 is 1.75 bits per heavy atom. The Morgan fingerprint density at radius 3 is 2.25 bits per heavy atom. The van der Waals surface area contributed by atoms with Crippen LogP contribution in [0.3, 0.4) is 0 Å². The van der Waals surface area contributed by atoms with E-state index in [9.17, 15) is 4.79 Å². The van der Waals surface area contributed by atoms with Crippen LogP contribution in [0.1, 0.15) is 48.0 Å². The number of nitrogens with zero attached hydrogens (tertiary/aromatic N) is 1. The molecule has 0 bridgehead atoms. The lowest BCUT2D eigenvalue weighted by molar-refractivity contribution is 0.201. The molecule has 0 aliphatic heterocycles. The van der Waals surface area contributed by atoms with Gasteiger partial charge in [0.25, 0.3) is 0 Å². The van der Waals surface area contributed by atoms with E-state index in [4.69, 9.17) is 0 Å². The van der Waals surface area contributed by atoms with Crippen LogP contribution in [0.2, 0.25) is 0 Å². The Kier molecular flexibility index (Phi) is 7.97. The normalized spacial score (nSPS) is 10.6. The molecule has 1 aromatic carbocycles. The largest absolute Gasteiger partial charge is 0.325 e. The smallest absolute Gasteiger partial charge is 0.321 e. The number of urea groups is 1. The number of nitrogens with one attached hydrogen (secondary N) is 1. The highest BCUT2D eigenvalue weighted by atomic mass is 16.2. The van der Waals surface area contributed by atoms with Crippen molar-refractivity contribution in [3.05, 3.63) is 30.3 Å². The fraction of sp³-hybridized carbons (Fsp3) is 0.588. The molecule has 1 N–H and O–H groups in total. The Labute approximate surface area is 124 Å². The molecule has 0 spiro atoms. The molecule has 0 aromatic heterocycles. The van der Waals surface area contributed by atoms with Crippen molar-refractivity contribution in [2.45, 2.75) is 48.0 Å². The van der Waals surface area contributed by atoms with E-state index in [1.54, 1.807) is 0 Å². The third-order valence-corrected chi connectivity index (χ3v) is 2.94. The monoisotopic (exact) mass is 278 g/mol. The minimum atomic E-state index is -0.00250. The van der Waals surface area contributed by atoms with Crippen LogP contribution in [0.25, 0.3) is 0 Å². The van der Waals surface area contributed by atoms with Gasteiger partial charge in [0.2, 0.25) is 0 Å². The van der Waals surface area contributed by atoms with Crippen molar-refractivity contribution in [1.29, 1.82) is 0 Å². The first-order valence-corrected chi connectivity index (χ1v) is 7.03. The quantitative estimate of drug-likeness (QED) is 0.807. The zero-order valence-electron chi connectivity index (χ0n) is 12.6. The predicted molar refractivity (Wildman–Crippen MR) is 88.1 cm³/mol. The molecule has 0 saturated heterocycles. The van der Waals surface area contributed by atoms with Gasteiger partial charge in [-0.15, -0.1) is 0 Å². The fourth-order valence-corrected chi connectivity index (χ4v) is 1.78. The van der Waals surface area contributed by atoms with Crippen LogP contribution in [-0.4, -0.2) is 24.0 Å². The second kappa shape index (κ2) is 8.62. The predicted octanol–water partition coefficient (Wildman–Crippen LogP) is 5.00. The molecule has 1 rings (SSSR count). The van der Waals surface area contributed by atoms with E-state index in [0.717, 1.165) is 31.6 Å². The van der Waals surface area contributed by atoms with Gasteiger partial charge in [0.1, 0.15) is 0 Å². The third-order valence-electron chi connectivity index (χ3n) is 2.94. The molecular formula is C17H30N2O. The molecular weight excluding hydrogens is 248 g/mol. The van der Waals surface area contributed by atoms with Crippen LogP contribution in [0.5, 0.6) is 0 Å². The first kappa shape index (κ1) is 18.5. The number of carbonyl (C=O) groups is 1. The number of carbonyl (C=O) groups excluding carboxylic acids is 1. The minimum Gasteiger partial charge on any atom is -0.325 e. The van der Waals surface area contributed by atoms with Crippen molar-refractivity contribution in [1.82, 2.24) is 4.90 Å². The van der Waals surface area contributed by atoms with Crippen molar-refractivity contribution in [2.75, 3.05) is 18.4 Å². The lowest BCUT2D eigenvalue weighted by atomic mass is 9.92. The summed E-state index contributed by atoms with van der Waals surface area (Å²) in [6.45, 7) is 10.3. The van der Waals surface area contributed by atoms with Crippen molar-refractivity contribution >= 4 is 11.7 Å². The summed E-state index contributed by atoms with van der Waals surface area (Å²) >= 11 is 0. The van der Waals surface area contributed by atoms with Gasteiger partial charge >= 0.3 is 6.03 Å². The molecule has 0 aliphatic carbocycles. The zero-order chi connectivity index (χ0) is 14.3. The summed E-state index contributed by atoms with van der Waals surface area (Å²) in [4.78, 5) is 14.1. The van der Waals surface area contributed by atoms with Crippen molar-refractivity contribution in [2.24, 2.45) is 5.41 Å². The molecule has 0 unspecified atom stereocenters. The van der Waals surface area contributed by atoms with Crippen molar-refractivity contribution in [3.63, 3.8) is 0 Å². The van der Waals surface area contributed by atoms with Crippen LogP contribution >= 0.6 is 0 Å². The first-order chi connectivity index (χ1) is 8.92. The van der Waals surface area contributed by atoms with Gasteiger partial charge in [0.15, 0.2) is 0 Å². The number of hydrogen-bond donors (Lipinski definition) is 1. The highest BCUT2D eigenvalue weighted by molar-refractivity contribution is 5.89. The van der Waals surface area contributed by atoms with Gasteiger partial charge in [-0.2, -0.15) is 0 Å². The lowest BCUT2D eigenvalue weighted by Gasteiger charge is -2.26. The zero-order valence-corrected chi connectivity index (χ0v) is 12.6. The summed E-state index contributed by atoms with van der Waals surface area (Å²) in [5.74, 6) is 0. The molecule has 3 heteroatoms. The van der Waals surface area contributed by atoms with E-state index in [-0.39, 0.29) is 18.9 Å². The van der Waals surface area contributed by atoms with Gasteiger partial charge in [-0.3, -0.25) is 0 Å². The van der Waals surface area contributed by atoms with Crippen LogP contribution in [-0.2, 0) is 0 Å². The number of amides is 2. The molecule has 2 amide bonds. The summed E-state index contributed by atoms with van der Waals surface area (Å²) in [6.07, 6.45) is 1.99. The van der Waals surface area contributed by atoms with Gasteiger partial charge < -0.3 is 10.2 Å².